The first kappa shape index (κ1) is 19.5. The third-order valence-corrected chi connectivity index (χ3v) is 3.95. The van der Waals surface area contributed by atoms with Crippen LogP contribution in [0.15, 0.2) is 48.2 Å². The van der Waals surface area contributed by atoms with Crippen molar-refractivity contribution in [3.63, 3.8) is 0 Å². The zero-order chi connectivity index (χ0) is 19.3. The van der Waals surface area contributed by atoms with Gasteiger partial charge in [-0.3, -0.25) is 14.9 Å². The second-order valence-corrected chi connectivity index (χ2v) is 6.06. The molecule has 0 unspecified atom stereocenters. The van der Waals surface area contributed by atoms with Gasteiger partial charge in [0, 0.05) is 23.4 Å². The van der Waals surface area contributed by atoms with Crippen molar-refractivity contribution in [3.8, 4) is 6.07 Å². The van der Waals surface area contributed by atoms with Crippen molar-refractivity contribution < 1.29 is 9.72 Å². The van der Waals surface area contributed by atoms with E-state index in [9.17, 15) is 14.9 Å². The Morgan fingerprint density at radius 3 is 2.46 bits per heavy atom. The molecular formula is C16H9Cl3N4O3. The highest BCUT2D eigenvalue weighted by atomic mass is 35.5. The highest BCUT2D eigenvalue weighted by Gasteiger charge is 2.13. The lowest BCUT2D eigenvalue weighted by Crippen LogP contribution is -2.14. The lowest BCUT2D eigenvalue weighted by molar-refractivity contribution is -0.384. The Balaban J connectivity index is 2.20. The number of carbonyl (C=O) groups is 1. The van der Waals surface area contributed by atoms with Gasteiger partial charge in [-0.1, -0.05) is 34.8 Å². The highest BCUT2D eigenvalue weighted by Crippen LogP contribution is 2.27. The number of non-ortho nitro benzene ring substituents is 1. The van der Waals surface area contributed by atoms with Crippen LogP contribution in [0.4, 0.5) is 17.1 Å². The standard InChI is InChI=1S/C16H9Cl3N4O3/c17-10-1-4-14(13(19)5-10)22-16(24)9(7-20)8-21-15-6-11(23(25)26)2-3-12(15)18/h1-6,8,21H,(H,22,24)/b9-8-. The minimum atomic E-state index is -0.731. The maximum atomic E-state index is 12.2. The molecule has 26 heavy (non-hydrogen) atoms. The van der Waals surface area contributed by atoms with Crippen LogP contribution in [0.2, 0.25) is 15.1 Å². The molecule has 1 amide bonds. The molecule has 0 fully saturated rings. The molecule has 10 heteroatoms. The fourth-order valence-corrected chi connectivity index (χ4v) is 2.44. The van der Waals surface area contributed by atoms with E-state index in [1.807, 2.05) is 0 Å². The number of rotatable bonds is 5. The molecule has 2 aromatic carbocycles. The Morgan fingerprint density at radius 2 is 1.85 bits per heavy atom. The Kier molecular flexibility index (Phi) is 6.41. The minimum Gasteiger partial charge on any atom is -0.359 e. The zero-order valence-electron chi connectivity index (χ0n) is 12.8. The fraction of sp³-hybridized carbons (Fsp3) is 0. The van der Waals surface area contributed by atoms with E-state index in [0.29, 0.717) is 5.02 Å². The monoisotopic (exact) mass is 410 g/mol. The first-order chi connectivity index (χ1) is 12.3. The van der Waals surface area contributed by atoms with Crippen LogP contribution < -0.4 is 10.6 Å². The van der Waals surface area contributed by atoms with E-state index >= 15 is 0 Å². The molecule has 2 rings (SSSR count). The highest BCUT2D eigenvalue weighted by molar-refractivity contribution is 6.37. The van der Waals surface area contributed by atoms with Crippen LogP contribution in [0.1, 0.15) is 0 Å². The first-order valence-electron chi connectivity index (χ1n) is 6.89. The van der Waals surface area contributed by atoms with E-state index in [4.69, 9.17) is 40.1 Å². The van der Waals surface area contributed by atoms with Crippen LogP contribution in [0.3, 0.4) is 0 Å². The molecule has 0 aliphatic rings. The van der Waals surface area contributed by atoms with E-state index < -0.39 is 10.8 Å². The topological polar surface area (TPSA) is 108 Å². The van der Waals surface area contributed by atoms with Gasteiger partial charge < -0.3 is 10.6 Å². The zero-order valence-corrected chi connectivity index (χ0v) is 15.1. The molecule has 2 N–H and O–H groups in total. The number of carbonyl (C=O) groups excluding carboxylic acids is 1. The number of hydrogen-bond acceptors (Lipinski definition) is 5. The number of anilines is 2. The third kappa shape index (κ3) is 4.86. The summed E-state index contributed by atoms with van der Waals surface area (Å²) in [5.74, 6) is -0.731. The predicted octanol–water partition coefficient (Wildman–Crippen LogP) is 5.01. The van der Waals surface area contributed by atoms with Gasteiger partial charge in [0.1, 0.15) is 11.6 Å². The number of benzene rings is 2. The molecular weight excluding hydrogens is 403 g/mol. The number of nitro groups is 1. The van der Waals surface area contributed by atoms with Crippen molar-refractivity contribution in [2.45, 2.75) is 0 Å². The molecule has 0 atom stereocenters. The summed E-state index contributed by atoms with van der Waals surface area (Å²) >= 11 is 17.7. The second-order valence-electron chi connectivity index (χ2n) is 4.81. The molecule has 7 nitrogen and oxygen atoms in total. The van der Waals surface area contributed by atoms with Gasteiger partial charge in [-0.15, -0.1) is 0 Å². The number of nitrogens with one attached hydrogen (secondary N) is 2. The van der Waals surface area contributed by atoms with Crippen LogP contribution in [0.25, 0.3) is 0 Å². The van der Waals surface area contributed by atoms with Gasteiger partial charge in [-0.05, 0) is 24.3 Å². The number of nitriles is 1. The molecule has 2 aromatic rings. The van der Waals surface area contributed by atoms with Crippen molar-refractivity contribution >= 4 is 57.8 Å². The molecule has 0 heterocycles. The predicted molar refractivity (Wildman–Crippen MR) is 101 cm³/mol. The Labute approximate surface area is 162 Å². The van der Waals surface area contributed by atoms with E-state index in [2.05, 4.69) is 10.6 Å². The van der Waals surface area contributed by atoms with Gasteiger partial charge in [0.25, 0.3) is 11.6 Å². The van der Waals surface area contributed by atoms with Gasteiger partial charge in [0.05, 0.1) is 26.3 Å². The van der Waals surface area contributed by atoms with Crippen LogP contribution in [-0.2, 0) is 4.79 Å². The maximum Gasteiger partial charge on any atom is 0.271 e. The van der Waals surface area contributed by atoms with Gasteiger partial charge in [-0.25, -0.2) is 0 Å². The summed E-state index contributed by atoms with van der Waals surface area (Å²) in [5.41, 5.74) is -0.0404. The van der Waals surface area contributed by atoms with E-state index in [1.54, 1.807) is 6.07 Å². The average molecular weight is 412 g/mol. The third-order valence-electron chi connectivity index (χ3n) is 3.08. The van der Waals surface area contributed by atoms with Gasteiger partial charge in [0.2, 0.25) is 0 Å². The van der Waals surface area contributed by atoms with E-state index in [-0.39, 0.29) is 32.7 Å². The molecule has 132 valence electrons. The van der Waals surface area contributed by atoms with Gasteiger partial charge >= 0.3 is 0 Å². The average Bonchev–Trinajstić information content (AvgIpc) is 2.59. The minimum absolute atomic E-state index is 0.172. The molecule has 0 aliphatic heterocycles. The largest absolute Gasteiger partial charge is 0.359 e. The van der Waals surface area contributed by atoms with Crippen LogP contribution in [0.5, 0.6) is 0 Å². The van der Waals surface area contributed by atoms with Crippen molar-refractivity contribution in [1.82, 2.24) is 0 Å². The number of halogens is 3. The van der Waals surface area contributed by atoms with Crippen molar-refractivity contribution in [1.29, 1.82) is 5.26 Å². The molecule has 0 bridgehead atoms. The molecule has 0 spiro atoms. The summed E-state index contributed by atoms with van der Waals surface area (Å²) in [4.78, 5) is 22.4. The summed E-state index contributed by atoms with van der Waals surface area (Å²) in [6.07, 6.45) is 1.09. The normalized spacial score (nSPS) is 10.8. The number of nitrogens with zero attached hydrogens (tertiary/aromatic N) is 2. The number of nitro benzene ring substituents is 1. The SMILES string of the molecule is N#C/C(=C/Nc1cc([N+](=O)[O-])ccc1Cl)C(=O)Nc1ccc(Cl)cc1Cl. The molecule has 0 saturated heterocycles. The van der Waals surface area contributed by atoms with Crippen LogP contribution in [0, 0.1) is 21.4 Å². The van der Waals surface area contributed by atoms with Crippen molar-refractivity contribution in [2.24, 2.45) is 0 Å². The first-order valence-corrected chi connectivity index (χ1v) is 8.02. The lowest BCUT2D eigenvalue weighted by atomic mass is 10.2. The Morgan fingerprint density at radius 1 is 1.12 bits per heavy atom. The van der Waals surface area contributed by atoms with Crippen LogP contribution >= 0.6 is 34.8 Å². The summed E-state index contributed by atoms with van der Waals surface area (Å²) in [5, 5.41) is 25.8. The molecule has 0 saturated carbocycles. The molecule has 0 aromatic heterocycles. The van der Waals surface area contributed by atoms with Gasteiger partial charge in [0.15, 0.2) is 0 Å². The smallest absolute Gasteiger partial charge is 0.271 e. The van der Waals surface area contributed by atoms with E-state index in [1.165, 1.54) is 36.4 Å². The summed E-state index contributed by atoms with van der Waals surface area (Å²) in [7, 11) is 0. The summed E-state index contributed by atoms with van der Waals surface area (Å²) < 4.78 is 0. The molecule has 0 aliphatic carbocycles. The Hall–Kier alpha value is -2.79. The van der Waals surface area contributed by atoms with Crippen molar-refractivity contribution in [3.05, 3.63) is 73.4 Å². The summed E-state index contributed by atoms with van der Waals surface area (Å²) in [6, 6.07) is 9.92. The maximum absolute atomic E-state index is 12.2. The second kappa shape index (κ2) is 8.54. The van der Waals surface area contributed by atoms with Crippen molar-refractivity contribution in [2.75, 3.05) is 10.6 Å². The van der Waals surface area contributed by atoms with Crippen LogP contribution in [-0.4, -0.2) is 10.8 Å². The van der Waals surface area contributed by atoms with Gasteiger partial charge in [-0.2, -0.15) is 5.26 Å². The Bertz CT molecular complexity index is 954. The number of amides is 1. The number of hydrogen-bond donors (Lipinski definition) is 2. The summed E-state index contributed by atoms with van der Waals surface area (Å²) in [6.45, 7) is 0. The fourth-order valence-electron chi connectivity index (χ4n) is 1.82. The van der Waals surface area contributed by atoms with E-state index in [0.717, 1.165) is 6.20 Å². The lowest BCUT2D eigenvalue weighted by Gasteiger charge is -2.08. The quantitative estimate of drug-likeness (QED) is 0.311. The molecule has 0 radical (unpaired) electrons.